The van der Waals surface area contributed by atoms with Crippen LogP contribution in [0.4, 0.5) is 0 Å². The van der Waals surface area contributed by atoms with E-state index >= 15 is 0 Å². The third-order valence-corrected chi connectivity index (χ3v) is 2.20. The van der Waals surface area contributed by atoms with Gasteiger partial charge in [0.15, 0.2) is 0 Å². The molecular weight excluding hydrogens is 246 g/mol. The van der Waals surface area contributed by atoms with Gasteiger partial charge in [0.25, 0.3) is 0 Å². The molecule has 5 nitrogen and oxygen atoms in total. The molecule has 17 heavy (non-hydrogen) atoms. The van der Waals surface area contributed by atoms with Gasteiger partial charge in [0.05, 0.1) is 20.6 Å². The van der Waals surface area contributed by atoms with E-state index in [0.29, 0.717) is 17.1 Å². The van der Waals surface area contributed by atoms with Gasteiger partial charge in [-0.25, -0.2) is 0 Å². The summed E-state index contributed by atoms with van der Waals surface area (Å²) < 4.78 is 10.1. The first-order valence-corrected chi connectivity index (χ1v) is 4.77. The molecule has 6 heteroatoms. The van der Waals surface area contributed by atoms with Crippen molar-refractivity contribution < 1.29 is 19.4 Å². The smallest absolute Gasteiger partial charge is 0.305 e. The Balaban J connectivity index is 0.00000256. The van der Waals surface area contributed by atoms with Crippen LogP contribution >= 0.6 is 12.4 Å². The van der Waals surface area contributed by atoms with E-state index in [4.69, 9.17) is 20.3 Å². The number of hydrogen-bond acceptors (Lipinski definition) is 4. The molecule has 1 aromatic rings. The number of nitrogens with two attached hydrogens (primary N) is 1. The molecule has 96 valence electrons. The minimum absolute atomic E-state index is 0. The third-order valence-electron chi connectivity index (χ3n) is 2.20. The Labute approximate surface area is 106 Å². The number of carboxylic acid groups (broad SMARTS) is 1. The van der Waals surface area contributed by atoms with Gasteiger partial charge in [0.1, 0.15) is 11.5 Å². The second-order valence-corrected chi connectivity index (χ2v) is 3.35. The second-order valence-electron chi connectivity index (χ2n) is 3.35. The molecule has 0 fully saturated rings. The zero-order valence-electron chi connectivity index (χ0n) is 9.67. The summed E-state index contributed by atoms with van der Waals surface area (Å²) in [7, 11) is 3.06. The van der Waals surface area contributed by atoms with Gasteiger partial charge >= 0.3 is 5.97 Å². The normalized spacial score (nSPS) is 11.2. The van der Waals surface area contributed by atoms with Crippen LogP contribution in [-0.2, 0) is 4.79 Å². The summed E-state index contributed by atoms with van der Waals surface area (Å²) in [4.78, 5) is 10.5. The Morgan fingerprint density at radius 2 is 1.76 bits per heavy atom. The number of methoxy groups -OCH3 is 2. The van der Waals surface area contributed by atoms with Gasteiger partial charge in [-0.1, -0.05) is 0 Å². The molecule has 0 aromatic heterocycles. The van der Waals surface area contributed by atoms with E-state index in [1.54, 1.807) is 18.2 Å². The van der Waals surface area contributed by atoms with Crippen molar-refractivity contribution in [2.75, 3.05) is 14.2 Å². The van der Waals surface area contributed by atoms with Crippen molar-refractivity contribution in [3.05, 3.63) is 23.8 Å². The zero-order chi connectivity index (χ0) is 12.1. The van der Waals surface area contributed by atoms with Crippen LogP contribution < -0.4 is 15.2 Å². The molecule has 0 bridgehead atoms. The molecular formula is C11H16ClNO4. The average molecular weight is 262 g/mol. The van der Waals surface area contributed by atoms with Gasteiger partial charge in [0.2, 0.25) is 0 Å². The van der Waals surface area contributed by atoms with E-state index < -0.39 is 12.0 Å². The van der Waals surface area contributed by atoms with Crippen molar-refractivity contribution in [1.29, 1.82) is 0 Å². The van der Waals surface area contributed by atoms with Crippen LogP contribution in [0.15, 0.2) is 18.2 Å². The molecule has 1 rings (SSSR count). The molecule has 1 aromatic carbocycles. The van der Waals surface area contributed by atoms with Crippen molar-refractivity contribution in [1.82, 2.24) is 0 Å². The summed E-state index contributed by atoms with van der Waals surface area (Å²) in [5.41, 5.74) is 6.43. The van der Waals surface area contributed by atoms with Crippen LogP contribution in [0.3, 0.4) is 0 Å². The Kier molecular flexibility index (Phi) is 6.38. The summed E-state index contributed by atoms with van der Waals surface area (Å²) in [5, 5.41) is 8.66. The van der Waals surface area contributed by atoms with Crippen LogP contribution in [-0.4, -0.2) is 25.3 Å². The third kappa shape index (κ3) is 4.50. The molecule has 0 amide bonds. The van der Waals surface area contributed by atoms with Crippen molar-refractivity contribution in [2.24, 2.45) is 5.73 Å². The predicted octanol–water partition coefficient (Wildman–Crippen LogP) is 1.60. The van der Waals surface area contributed by atoms with E-state index in [-0.39, 0.29) is 18.8 Å². The highest BCUT2D eigenvalue weighted by Gasteiger charge is 2.13. The predicted molar refractivity (Wildman–Crippen MR) is 66.0 cm³/mol. The average Bonchev–Trinajstić information content (AvgIpc) is 2.27. The molecule has 0 unspecified atom stereocenters. The second kappa shape index (κ2) is 6.98. The van der Waals surface area contributed by atoms with E-state index in [2.05, 4.69) is 0 Å². The highest BCUT2D eigenvalue weighted by molar-refractivity contribution is 5.85. The highest BCUT2D eigenvalue weighted by atomic mass is 35.5. The molecule has 0 saturated carbocycles. The fourth-order valence-corrected chi connectivity index (χ4v) is 1.35. The van der Waals surface area contributed by atoms with Gasteiger partial charge in [-0.05, 0) is 17.7 Å². The first-order chi connectivity index (χ1) is 7.56. The lowest BCUT2D eigenvalue weighted by atomic mass is 10.0. The maximum atomic E-state index is 10.5. The number of hydrogen-bond donors (Lipinski definition) is 2. The van der Waals surface area contributed by atoms with E-state index in [1.165, 1.54) is 14.2 Å². The monoisotopic (exact) mass is 261 g/mol. The first kappa shape index (κ1) is 15.5. The number of rotatable bonds is 5. The number of aliphatic carboxylic acids is 1. The molecule has 0 heterocycles. The van der Waals surface area contributed by atoms with E-state index in [9.17, 15) is 4.79 Å². The minimum Gasteiger partial charge on any atom is -0.497 e. The standard InChI is InChI=1S/C11H15NO4.ClH/c1-15-8-3-7(4-9(5-8)16-2)10(12)6-11(13)14;/h3-5,10H,6,12H2,1-2H3,(H,13,14);1H/t10-;/m1./s1. The molecule has 0 saturated heterocycles. The lowest BCUT2D eigenvalue weighted by Crippen LogP contribution is -2.15. The largest absolute Gasteiger partial charge is 0.497 e. The fraction of sp³-hybridized carbons (Fsp3) is 0.364. The zero-order valence-corrected chi connectivity index (χ0v) is 10.5. The maximum Gasteiger partial charge on any atom is 0.305 e. The number of carbonyl (C=O) groups is 1. The number of carboxylic acids is 1. The van der Waals surface area contributed by atoms with Crippen molar-refractivity contribution >= 4 is 18.4 Å². The Morgan fingerprint density at radius 1 is 1.29 bits per heavy atom. The maximum absolute atomic E-state index is 10.5. The quantitative estimate of drug-likeness (QED) is 0.841. The van der Waals surface area contributed by atoms with E-state index in [1.807, 2.05) is 0 Å². The molecule has 0 spiro atoms. The first-order valence-electron chi connectivity index (χ1n) is 4.77. The lowest BCUT2D eigenvalue weighted by molar-refractivity contribution is -0.137. The minimum atomic E-state index is -0.936. The molecule has 1 atom stereocenters. The molecule has 0 aliphatic rings. The summed E-state index contributed by atoms with van der Waals surface area (Å²) in [6.45, 7) is 0. The summed E-state index contributed by atoms with van der Waals surface area (Å²) in [6, 6.07) is 4.55. The van der Waals surface area contributed by atoms with Crippen molar-refractivity contribution in [2.45, 2.75) is 12.5 Å². The Hall–Kier alpha value is -1.46. The number of benzene rings is 1. The van der Waals surface area contributed by atoms with Crippen LogP contribution in [0.2, 0.25) is 0 Å². The van der Waals surface area contributed by atoms with Crippen molar-refractivity contribution in [3.8, 4) is 11.5 Å². The van der Waals surface area contributed by atoms with Gasteiger partial charge in [-0.15, -0.1) is 12.4 Å². The van der Waals surface area contributed by atoms with E-state index in [0.717, 1.165) is 0 Å². The van der Waals surface area contributed by atoms with Crippen LogP contribution in [0.25, 0.3) is 0 Å². The summed E-state index contributed by atoms with van der Waals surface area (Å²) in [6.07, 6.45) is -0.129. The Morgan fingerprint density at radius 3 is 2.12 bits per heavy atom. The van der Waals surface area contributed by atoms with Gasteiger partial charge < -0.3 is 20.3 Å². The van der Waals surface area contributed by atoms with Gasteiger partial charge in [0, 0.05) is 12.1 Å². The molecule has 0 aliphatic heterocycles. The number of ether oxygens (including phenoxy) is 2. The summed E-state index contributed by atoms with van der Waals surface area (Å²) >= 11 is 0. The van der Waals surface area contributed by atoms with Crippen LogP contribution in [0.5, 0.6) is 11.5 Å². The van der Waals surface area contributed by atoms with Crippen LogP contribution in [0.1, 0.15) is 18.0 Å². The number of halogens is 1. The SMILES string of the molecule is COc1cc(OC)cc([C@H](N)CC(=O)O)c1.Cl. The van der Waals surface area contributed by atoms with Gasteiger partial charge in [-0.3, -0.25) is 4.79 Å². The Bertz CT molecular complexity index is 361. The topological polar surface area (TPSA) is 81.8 Å². The van der Waals surface area contributed by atoms with Gasteiger partial charge in [-0.2, -0.15) is 0 Å². The van der Waals surface area contributed by atoms with Crippen LogP contribution in [0, 0.1) is 0 Å². The molecule has 0 radical (unpaired) electrons. The molecule has 3 N–H and O–H groups in total. The lowest BCUT2D eigenvalue weighted by Gasteiger charge is -2.12. The van der Waals surface area contributed by atoms with Crippen molar-refractivity contribution in [3.63, 3.8) is 0 Å². The summed E-state index contributed by atoms with van der Waals surface area (Å²) in [5.74, 6) is 0.250. The molecule has 0 aliphatic carbocycles. The highest BCUT2D eigenvalue weighted by Crippen LogP contribution is 2.26. The fourth-order valence-electron chi connectivity index (χ4n) is 1.35.